The zero-order chi connectivity index (χ0) is 20.9. The summed E-state index contributed by atoms with van der Waals surface area (Å²) < 4.78 is 42.9. The van der Waals surface area contributed by atoms with E-state index in [1.54, 1.807) is 12.1 Å². The van der Waals surface area contributed by atoms with Crippen LogP contribution in [0.4, 0.5) is 5.69 Å². The van der Waals surface area contributed by atoms with Crippen LogP contribution in [0.2, 0.25) is 5.02 Å². The van der Waals surface area contributed by atoms with Crippen molar-refractivity contribution in [3.63, 3.8) is 0 Å². The number of halogens is 1. The predicted octanol–water partition coefficient (Wildman–Crippen LogP) is 2.67. The first-order valence-corrected chi connectivity index (χ1v) is 9.96. The van der Waals surface area contributed by atoms with Crippen molar-refractivity contribution < 1.29 is 27.4 Å². The first kappa shape index (κ1) is 21.8. The molecular formula is C18H21ClN2O6S. The van der Waals surface area contributed by atoms with Crippen molar-refractivity contribution >= 4 is 33.2 Å². The Morgan fingerprint density at radius 3 is 2.18 bits per heavy atom. The summed E-state index contributed by atoms with van der Waals surface area (Å²) in [5.74, 6) is 0.462. The fourth-order valence-corrected chi connectivity index (χ4v) is 3.75. The van der Waals surface area contributed by atoms with Crippen LogP contribution in [0.1, 0.15) is 6.92 Å². The molecule has 1 amide bonds. The number of sulfonamides is 1. The molecule has 0 heterocycles. The van der Waals surface area contributed by atoms with E-state index in [0.29, 0.717) is 22.2 Å². The molecule has 0 aliphatic heterocycles. The quantitative estimate of drug-likeness (QED) is 0.670. The summed E-state index contributed by atoms with van der Waals surface area (Å²) >= 11 is 5.94. The van der Waals surface area contributed by atoms with Gasteiger partial charge in [0.05, 0.1) is 38.0 Å². The van der Waals surface area contributed by atoms with E-state index in [1.165, 1.54) is 52.5 Å². The van der Waals surface area contributed by atoms with Gasteiger partial charge < -0.3 is 19.5 Å². The SMILES string of the molecule is COc1ccc(Cl)cc1NC(=O)[C@H](C)NS(=O)(=O)c1ccc(OC)c(OC)c1. The first-order chi connectivity index (χ1) is 13.2. The number of rotatable bonds is 8. The van der Waals surface area contributed by atoms with Gasteiger partial charge in [-0.2, -0.15) is 4.72 Å². The highest BCUT2D eigenvalue weighted by molar-refractivity contribution is 7.89. The molecule has 0 aromatic heterocycles. The second-order valence-corrected chi connectivity index (χ2v) is 7.84. The molecule has 152 valence electrons. The van der Waals surface area contributed by atoms with Crippen LogP contribution in [0.25, 0.3) is 0 Å². The van der Waals surface area contributed by atoms with E-state index >= 15 is 0 Å². The number of carbonyl (C=O) groups is 1. The van der Waals surface area contributed by atoms with Crippen LogP contribution in [0, 0.1) is 0 Å². The zero-order valence-corrected chi connectivity index (χ0v) is 17.3. The smallest absolute Gasteiger partial charge is 0.242 e. The Bertz CT molecular complexity index is 965. The third kappa shape index (κ3) is 5.06. The minimum absolute atomic E-state index is 0.0647. The Morgan fingerprint density at radius 2 is 1.57 bits per heavy atom. The molecule has 8 nitrogen and oxygen atoms in total. The van der Waals surface area contributed by atoms with Crippen molar-refractivity contribution in [2.75, 3.05) is 26.6 Å². The van der Waals surface area contributed by atoms with Crippen LogP contribution in [0.5, 0.6) is 17.2 Å². The van der Waals surface area contributed by atoms with Crippen molar-refractivity contribution in [1.29, 1.82) is 0 Å². The largest absolute Gasteiger partial charge is 0.495 e. The molecule has 2 aromatic carbocycles. The van der Waals surface area contributed by atoms with Gasteiger partial charge in [0.15, 0.2) is 11.5 Å². The minimum atomic E-state index is -3.98. The summed E-state index contributed by atoms with van der Waals surface area (Å²) in [7, 11) is 0.309. The maximum Gasteiger partial charge on any atom is 0.242 e. The van der Waals surface area contributed by atoms with Crippen molar-refractivity contribution in [2.45, 2.75) is 17.9 Å². The molecule has 0 aliphatic rings. The van der Waals surface area contributed by atoms with Gasteiger partial charge in [0.25, 0.3) is 0 Å². The highest BCUT2D eigenvalue weighted by Crippen LogP contribution is 2.30. The third-order valence-corrected chi connectivity index (χ3v) is 5.58. The molecule has 2 aromatic rings. The monoisotopic (exact) mass is 428 g/mol. The number of carbonyl (C=O) groups excluding carboxylic acids is 1. The second kappa shape index (κ2) is 9.13. The topological polar surface area (TPSA) is 103 Å². The standard InChI is InChI=1S/C18H21ClN2O6S/c1-11(18(22)20-14-9-12(19)5-7-15(14)25-2)21-28(23,24)13-6-8-16(26-3)17(10-13)27-4/h5-11,21H,1-4H3,(H,20,22)/t11-/m0/s1. The number of benzene rings is 2. The van der Waals surface area contributed by atoms with E-state index < -0.39 is 22.0 Å². The number of hydrogen-bond acceptors (Lipinski definition) is 6. The van der Waals surface area contributed by atoms with Gasteiger partial charge in [-0.3, -0.25) is 4.79 Å². The summed E-state index contributed by atoms with van der Waals surface area (Å²) in [6.07, 6.45) is 0. The number of nitrogens with one attached hydrogen (secondary N) is 2. The zero-order valence-electron chi connectivity index (χ0n) is 15.8. The van der Waals surface area contributed by atoms with Gasteiger partial charge in [-0.15, -0.1) is 0 Å². The fourth-order valence-electron chi connectivity index (χ4n) is 2.36. The van der Waals surface area contributed by atoms with Crippen molar-refractivity contribution in [2.24, 2.45) is 0 Å². The van der Waals surface area contributed by atoms with Gasteiger partial charge in [0.1, 0.15) is 5.75 Å². The molecule has 0 saturated heterocycles. The molecule has 0 spiro atoms. The number of methoxy groups -OCH3 is 3. The number of anilines is 1. The van der Waals surface area contributed by atoms with Crippen LogP contribution < -0.4 is 24.2 Å². The van der Waals surface area contributed by atoms with E-state index in [4.69, 9.17) is 25.8 Å². The Balaban J connectivity index is 2.18. The lowest BCUT2D eigenvalue weighted by Crippen LogP contribution is -2.41. The normalized spacial score (nSPS) is 12.2. The fraction of sp³-hybridized carbons (Fsp3) is 0.278. The molecule has 0 saturated carbocycles. The molecule has 2 rings (SSSR count). The van der Waals surface area contributed by atoms with E-state index in [-0.39, 0.29) is 10.6 Å². The van der Waals surface area contributed by atoms with Crippen LogP contribution >= 0.6 is 11.6 Å². The minimum Gasteiger partial charge on any atom is -0.495 e. The Kier molecular flexibility index (Phi) is 7.11. The van der Waals surface area contributed by atoms with E-state index in [0.717, 1.165) is 0 Å². The molecule has 1 atom stereocenters. The maximum atomic E-state index is 12.6. The summed E-state index contributed by atoms with van der Waals surface area (Å²) in [6, 6.07) is 7.78. The molecule has 0 fully saturated rings. The van der Waals surface area contributed by atoms with Gasteiger partial charge >= 0.3 is 0 Å². The number of hydrogen-bond donors (Lipinski definition) is 2. The van der Waals surface area contributed by atoms with Crippen molar-refractivity contribution in [1.82, 2.24) is 4.72 Å². The average Bonchev–Trinajstić information content (AvgIpc) is 2.67. The van der Waals surface area contributed by atoms with Crippen LogP contribution in [0.15, 0.2) is 41.3 Å². The highest BCUT2D eigenvalue weighted by atomic mass is 35.5. The Labute approximate surface area is 168 Å². The molecule has 28 heavy (non-hydrogen) atoms. The van der Waals surface area contributed by atoms with Gasteiger partial charge in [-0.05, 0) is 37.3 Å². The third-order valence-electron chi connectivity index (χ3n) is 3.81. The van der Waals surface area contributed by atoms with Crippen molar-refractivity contribution in [3.8, 4) is 17.2 Å². The van der Waals surface area contributed by atoms with Crippen LogP contribution in [-0.4, -0.2) is 41.7 Å². The first-order valence-electron chi connectivity index (χ1n) is 8.10. The maximum absolute atomic E-state index is 12.6. The van der Waals surface area contributed by atoms with E-state index in [2.05, 4.69) is 10.0 Å². The van der Waals surface area contributed by atoms with E-state index in [1.807, 2.05) is 0 Å². The number of amides is 1. The van der Waals surface area contributed by atoms with Crippen molar-refractivity contribution in [3.05, 3.63) is 41.4 Å². The average molecular weight is 429 g/mol. The number of ether oxygens (including phenoxy) is 3. The summed E-state index contributed by atoms with van der Waals surface area (Å²) in [6.45, 7) is 1.42. The lowest BCUT2D eigenvalue weighted by molar-refractivity contribution is -0.117. The van der Waals surface area contributed by atoms with Crippen LogP contribution in [-0.2, 0) is 14.8 Å². The van der Waals surface area contributed by atoms with Crippen LogP contribution in [0.3, 0.4) is 0 Å². The Morgan fingerprint density at radius 1 is 0.964 bits per heavy atom. The van der Waals surface area contributed by atoms with Gasteiger partial charge in [-0.25, -0.2) is 8.42 Å². The summed E-state index contributed by atoms with van der Waals surface area (Å²) in [4.78, 5) is 12.4. The Hall–Kier alpha value is -2.49. The lowest BCUT2D eigenvalue weighted by atomic mass is 10.2. The molecule has 0 aliphatic carbocycles. The summed E-state index contributed by atoms with van der Waals surface area (Å²) in [5, 5.41) is 2.99. The molecular weight excluding hydrogens is 408 g/mol. The second-order valence-electron chi connectivity index (χ2n) is 5.69. The lowest BCUT2D eigenvalue weighted by Gasteiger charge is -2.17. The molecule has 10 heteroatoms. The van der Waals surface area contributed by atoms with Gasteiger partial charge in [0, 0.05) is 11.1 Å². The van der Waals surface area contributed by atoms with Gasteiger partial charge in [-0.1, -0.05) is 11.6 Å². The molecule has 0 radical (unpaired) electrons. The molecule has 0 unspecified atom stereocenters. The molecule has 2 N–H and O–H groups in total. The predicted molar refractivity (Wildman–Crippen MR) is 106 cm³/mol. The van der Waals surface area contributed by atoms with E-state index in [9.17, 15) is 13.2 Å². The highest BCUT2D eigenvalue weighted by Gasteiger charge is 2.24. The molecule has 0 bridgehead atoms. The summed E-state index contributed by atoms with van der Waals surface area (Å²) in [5.41, 5.74) is 0.331. The van der Waals surface area contributed by atoms with Gasteiger partial charge in [0.2, 0.25) is 15.9 Å².